The zero-order valence-electron chi connectivity index (χ0n) is 4.34. The van der Waals surface area contributed by atoms with E-state index in [1.54, 1.807) is 6.20 Å². The third-order valence-electron chi connectivity index (χ3n) is 0.822. The van der Waals surface area contributed by atoms with E-state index in [0.717, 1.165) is 6.42 Å². The second-order valence-electron chi connectivity index (χ2n) is 1.48. The fourth-order valence-corrected chi connectivity index (χ4v) is 0.615. The van der Waals surface area contributed by atoms with Crippen molar-refractivity contribution in [2.75, 3.05) is 0 Å². The standard InChI is InChI=1S/C6H6ClN/c7-6-3-1-2-4-8-5-6/h1,3-5H,2H2. The van der Waals surface area contributed by atoms with Crippen LogP contribution in [0.15, 0.2) is 28.4 Å². The summed E-state index contributed by atoms with van der Waals surface area (Å²) in [5.74, 6) is 0. The Morgan fingerprint density at radius 3 is 3.38 bits per heavy atom. The molecule has 0 fully saturated rings. The van der Waals surface area contributed by atoms with Crippen molar-refractivity contribution in [3.05, 3.63) is 23.4 Å². The van der Waals surface area contributed by atoms with Crippen LogP contribution in [0.5, 0.6) is 0 Å². The van der Waals surface area contributed by atoms with Crippen LogP contribution in [0.4, 0.5) is 0 Å². The zero-order valence-corrected chi connectivity index (χ0v) is 5.10. The minimum Gasteiger partial charge on any atom is -0.267 e. The van der Waals surface area contributed by atoms with Gasteiger partial charge in [0.05, 0.1) is 5.03 Å². The second kappa shape index (κ2) is 2.68. The van der Waals surface area contributed by atoms with Crippen LogP contribution in [0.25, 0.3) is 0 Å². The normalized spacial score (nSPS) is 17.9. The van der Waals surface area contributed by atoms with Gasteiger partial charge in [-0.2, -0.15) is 0 Å². The number of halogens is 1. The lowest BCUT2D eigenvalue weighted by molar-refractivity contribution is 1.50. The molecule has 0 spiro atoms. The molecule has 8 heavy (non-hydrogen) atoms. The molecule has 1 aliphatic heterocycles. The van der Waals surface area contributed by atoms with Crippen molar-refractivity contribution in [1.82, 2.24) is 0 Å². The van der Waals surface area contributed by atoms with Crippen LogP contribution >= 0.6 is 11.6 Å². The molecule has 0 amide bonds. The Morgan fingerprint density at radius 1 is 1.62 bits per heavy atom. The topological polar surface area (TPSA) is 12.4 Å². The molecule has 0 aromatic carbocycles. The van der Waals surface area contributed by atoms with E-state index in [0.29, 0.717) is 5.03 Å². The van der Waals surface area contributed by atoms with Crippen LogP contribution in [0, 0.1) is 0 Å². The van der Waals surface area contributed by atoms with Gasteiger partial charge in [0.15, 0.2) is 0 Å². The highest BCUT2D eigenvalue weighted by Gasteiger charge is 1.83. The van der Waals surface area contributed by atoms with Crippen molar-refractivity contribution in [2.24, 2.45) is 4.99 Å². The van der Waals surface area contributed by atoms with E-state index in [1.807, 2.05) is 18.4 Å². The highest BCUT2D eigenvalue weighted by Crippen LogP contribution is 2.05. The van der Waals surface area contributed by atoms with Gasteiger partial charge in [0.1, 0.15) is 0 Å². The van der Waals surface area contributed by atoms with Crippen molar-refractivity contribution < 1.29 is 0 Å². The molecule has 2 heteroatoms. The molecule has 0 unspecified atom stereocenters. The quantitative estimate of drug-likeness (QED) is 0.473. The molecule has 0 atom stereocenters. The van der Waals surface area contributed by atoms with Crippen LogP contribution in [-0.2, 0) is 0 Å². The molecule has 0 N–H and O–H groups in total. The number of aliphatic imine (C=N–C) groups is 1. The monoisotopic (exact) mass is 127 g/mol. The molecular weight excluding hydrogens is 122 g/mol. The van der Waals surface area contributed by atoms with E-state index in [-0.39, 0.29) is 0 Å². The Bertz CT molecular complexity index is 156. The number of allylic oxidation sites excluding steroid dienone is 3. The van der Waals surface area contributed by atoms with Crippen molar-refractivity contribution in [2.45, 2.75) is 6.42 Å². The molecule has 0 saturated heterocycles. The molecular formula is C6H6ClN. The summed E-state index contributed by atoms with van der Waals surface area (Å²) in [5, 5.41) is 0.693. The number of rotatable bonds is 0. The highest BCUT2D eigenvalue weighted by atomic mass is 35.5. The summed E-state index contributed by atoms with van der Waals surface area (Å²) in [6.07, 6.45) is 8.13. The number of hydrogen-bond donors (Lipinski definition) is 0. The zero-order chi connectivity index (χ0) is 5.82. The molecule has 1 rings (SSSR count). The molecule has 0 bridgehead atoms. The minimum absolute atomic E-state index is 0.693. The average molecular weight is 128 g/mol. The first kappa shape index (κ1) is 5.57. The van der Waals surface area contributed by atoms with Crippen LogP contribution in [-0.4, -0.2) is 6.21 Å². The lowest BCUT2D eigenvalue weighted by Gasteiger charge is -1.76. The Balaban J connectivity index is 2.73. The molecule has 0 saturated carbocycles. The summed E-state index contributed by atoms with van der Waals surface area (Å²) in [7, 11) is 0. The van der Waals surface area contributed by atoms with E-state index < -0.39 is 0 Å². The molecule has 1 heterocycles. The largest absolute Gasteiger partial charge is 0.267 e. The van der Waals surface area contributed by atoms with Gasteiger partial charge in [0, 0.05) is 18.8 Å². The molecule has 1 aliphatic rings. The summed E-state index contributed by atoms with van der Waals surface area (Å²) in [4.78, 5) is 3.87. The Morgan fingerprint density at radius 2 is 2.50 bits per heavy atom. The minimum atomic E-state index is 0.693. The third kappa shape index (κ3) is 1.51. The van der Waals surface area contributed by atoms with Gasteiger partial charge in [-0.1, -0.05) is 17.7 Å². The number of hydrogen-bond acceptors (Lipinski definition) is 1. The van der Waals surface area contributed by atoms with E-state index in [2.05, 4.69) is 4.99 Å². The predicted molar refractivity (Wildman–Crippen MR) is 36.2 cm³/mol. The van der Waals surface area contributed by atoms with Crippen LogP contribution < -0.4 is 0 Å². The van der Waals surface area contributed by atoms with Crippen LogP contribution in [0.3, 0.4) is 0 Å². The first-order valence-electron chi connectivity index (χ1n) is 2.43. The van der Waals surface area contributed by atoms with E-state index in [9.17, 15) is 0 Å². The maximum absolute atomic E-state index is 5.58. The van der Waals surface area contributed by atoms with Crippen molar-refractivity contribution >= 4 is 17.8 Å². The Labute approximate surface area is 53.4 Å². The predicted octanol–water partition coefficient (Wildman–Crippen LogP) is 2.10. The van der Waals surface area contributed by atoms with Crippen molar-refractivity contribution in [3.8, 4) is 0 Å². The van der Waals surface area contributed by atoms with E-state index in [4.69, 9.17) is 11.6 Å². The van der Waals surface area contributed by atoms with E-state index in [1.165, 1.54) is 0 Å². The second-order valence-corrected chi connectivity index (χ2v) is 1.92. The summed E-state index contributed by atoms with van der Waals surface area (Å²) < 4.78 is 0. The molecule has 0 aromatic rings. The van der Waals surface area contributed by atoms with Gasteiger partial charge in [0.2, 0.25) is 0 Å². The van der Waals surface area contributed by atoms with Crippen molar-refractivity contribution in [3.63, 3.8) is 0 Å². The summed E-state index contributed by atoms with van der Waals surface area (Å²) >= 11 is 5.58. The summed E-state index contributed by atoms with van der Waals surface area (Å²) in [6, 6.07) is 0. The molecule has 42 valence electrons. The van der Waals surface area contributed by atoms with Gasteiger partial charge in [-0.15, -0.1) is 0 Å². The van der Waals surface area contributed by atoms with Gasteiger partial charge in [-0.25, -0.2) is 0 Å². The maximum atomic E-state index is 5.58. The lowest BCUT2D eigenvalue weighted by atomic mass is 10.4. The Hall–Kier alpha value is -0.560. The summed E-state index contributed by atoms with van der Waals surface area (Å²) in [6.45, 7) is 0. The SMILES string of the molecule is ClC1=CN=CCC=C1. The van der Waals surface area contributed by atoms with E-state index >= 15 is 0 Å². The van der Waals surface area contributed by atoms with Gasteiger partial charge < -0.3 is 0 Å². The van der Waals surface area contributed by atoms with Gasteiger partial charge in [0.25, 0.3) is 0 Å². The average Bonchev–Trinajstić information content (AvgIpc) is 1.94. The van der Waals surface area contributed by atoms with Crippen molar-refractivity contribution in [1.29, 1.82) is 0 Å². The van der Waals surface area contributed by atoms with Crippen LogP contribution in [0.2, 0.25) is 0 Å². The number of nitrogens with zero attached hydrogens (tertiary/aromatic N) is 1. The lowest BCUT2D eigenvalue weighted by Crippen LogP contribution is -1.61. The molecule has 1 nitrogen and oxygen atoms in total. The fraction of sp³-hybridized carbons (Fsp3) is 0.167. The highest BCUT2D eigenvalue weighted by molar-refractivity contribution is 6.31. The van der Waals surface area contributed by atoms with Gasteiger partial charge in [-0.3, -0.25) is 4.99 Å². The van der Waals surface area contributed by atoms with Gasteiger partial charge >= 0.3 is 0 Å². The van der Waals surface area contributed by atoms with Gasteiger partial charge in [-0.05, 0) is 6.08 Å². The summed E-state index contributed by atoms with van der Waals surface area (Å²) in [5.41, 5.74) is 0. The molecule has 0 aliphatic carbocycles. The maximum Gasteiger partial charge on any atom is 0.0585 e. The smallest absolute Gasteiger partial charge is 0.0585 e. The van der Waals surface area contributed by atoms with Crippen LogP contribution in [0.1, 0.15) is 6.42 Å². The Kier molecular flexibility index (Phi) is 1.86. The first-order chi connectivity index (χ1) is 3.89. The molecule has 0 aromatic heterocycles. The third-order valence-corrected chi connectivity index (χ3v) is 1.05. The fourth-order valence-electron chi connectivity index (χ4n) is 0.469. The first-order valence-corrected chi connectivity index (χ1v) is 2.81. The molecule has 0 radical (unpaired) electrons.